The Bertz CT molecular complexity index is 444. The average Bonchev–Trinajstić information content (AvgIpc) is 3.08. The van der Waals surface area contributed by atoms with E-state index < -0.39 is 5.97 Å². The van der Waals surface area contributed by atoms with E-state index in [2.05, 4.69) is 0 Å². The first-order valence-corrected chi connectivity index (χ1v) is 5.67. The number of ether oxygens (including phenoxy) is 1. The maximum atomic E-state index is 10.8. The number of carbonyl (C=O) groups is 1. The number of hydrogen-bond donors (Lipinski definition) is 2. The molecule has 0 aromatic heterocycles. The summed E-state index contributed by atoms with van der Waals surface area (Å²) in [6.45, 7) is 1.98. The highest BCUT2D eigenvalue weighted by Crippen LogP contribution is 2.48. The monoisotopic (exact) mass is 235 g/mol. The Morgan fingerprint density at radius 2 is 2.29 bits per heavy atom. The molecule has 1 aromatic carbocycles. The molecule has 0 saturated heterocycles. The Kier molecular flexibility index (Phi) is 3.07. The molecule has 2 rings (SSSR count). The predicted octanol–water partition coefficient (Wildman–Crippen LogP) is 1.72. The van der Waals surface area contributed by atoms with Gasteiger partial charge in [0.1, 0.15) is 5.75 Å². The zero-order valence-corrected chi connectivity index (χ0v) is 10.0. The van der Waals surface area contributed by atoms with E-state index in [9.17, 15) is 4.79 Å². The van der Waals surface area contributed by atoms with Gasteiger partial charge in [0.2, 0.25) is 0 Å². The largest absolute Gasteiger partial charge is 0.496 e. The summed E-state index contributed by atoms with van der Waals surface area (Å²) in [7, 11) is 1.60. The Balaban J connectivity index is 2.22. The fraction of sp³-hybridized carbons (Fsp3) is 0.462. The Hall–Kier alpha value is -1.55. The Labute approximate surface area is 100 Å². The van der Waals surface area contributed by atoms with Gasteiger partial charge in [-0.25, -0.2) is 0 Å². The average molecular weight is 235 g/mol. The highest BCUT2D eigenvalue weighted by atomic mass is 16.5. The molecule has 0 spiro atoms. The van der Waals surface area contributed by atoms with E-state index in [1.54, 1.807) is 7.11 Å². The number of carboxylic acid groups (broad SMARTS) is 1. The number of aryl methyl sites for hydroxylation is 1. The molecule has 3 atom stereocenters. The molecule has 1 aliphatic rings. The molecule has 0 amide bonds. The summed E-state index contributed by atoms with van der Waals surface area (Å²) in [5.41, 5.74) is 8.14. The van der Waals surface area contributed by atoms with E-state index in [1.165, 1.54) is 0 Å². The third-order valence-corrected chi connectivity index (χ3v) is 3.36. The van der Waals surface area contributed by atoms with Crippen molar-refractivity contribution in [3.8, 4) is 5.75 Å². The minimum absolute atomic E-state index is 0.0307. The summed E-state index contributed by atoms with van der Waals surface area (Å²) < 4.78 is 5.27. The lowest BCUT2D eigenvalue weighted by atomic mass is 9.99. The van der Waals surface area contributed by atoms with Crippen LogP contribution in [0, 0.1) is 18.8 Å². The molecule has 0 aliphatic heterocycles. The van der Waals surface area contributed by atoms with Crippen LogP contribution in [-0.2, 0) is 4.79 Å². The molecule has 3 N–H and O–H groups in total. The lowest BCUT2D eigenvalue weighted by molar-refractivity contribution is -0.138. The van der Waals surface area contributed by atoms with Crippen LogP contribution in [0.5, 0.6) is 5.75 Å². The van der Waals surface area contributed by atoms with Crippen LogP contribution in [0.1, 0.15) is 23.6 Å². The first-order valence-electron chi connectivity index (χ1n) is 5.67. The second kappa shape index (κ2) is 4.37. The number of rotatable bonds is 4. The van der Waals surface area contributed by atoms with Gasteiger partial charge < -0.3 is 15.6 Å². The first kappa shape index (κ1) is 11.9. The molecule has 1 saturated carbocycles. The van der Waals surface area contributed by atoms with E-state index in [1.807, 2.05) is 25.1 Å². The zero-order chi connectivity index (χ0) is 12.6. The van der Waals surface area contributed by atoms with Crippen LogP contribution in [0.3, 0.4) is 0 Å². The standard InChI is InChI=1S/C13H17NO3/c1-7-3-4-11(17-2)10(5-7)12(14)8-6-9(8)13(15)16/h3-5,8-9,12H,6,14H2,1-2H3,(H,15,16). The van der Waals surface area contributed by atoms with Gasteiger partial charge >= 0.3 is 5.97 Å². The Morgan fingerprint density at radius 1 is 1.59 bits per heavy atom. The maximum Gasteiger partial charge on any atom is 0.306 e. The second-order valence-corrected chi connectivity index (χ2v) is 4.62. The number of aliphatic carboxylic acids is 1. The van der Waals surface area contributed by atoms with Gasteiger partial charge in [0.15, 0.2) is 0 Å². The number of benzene rings is 1. The minimum Gasteiger partial charge on any atom is -0.496 e. The van der Waals surface area contributed by atoms with Crippen molar-refractivity contribution in [3.05, 3.63) is 29.3 Å². The van der Waals surface area contributed by atoms with Crippen molar-refractivity contribution >= 4 is 5.97 Å². The van der Waals surface area contributed by atoms with E-state index in [0.29, 0.717) is 6.42 Å². The van der Waals surface area contributed by atoms with Gasteiger partial charge in [0.25, 0.3) is 0 Å². The van der Waals surface area contributed by atoms with Gasteiger partial charge in [-0.2, -0.15) is 0 Å². The molecule has 3 unspecified atom stereocenters. The third kappa shape index (κ3) is 2.26. The molecular formula is C13H17NO3. The van der Waals surface area contributed by atoms with E-state index >= 15 is 0 Å². The summed E-state index contributed by atoms with van der Waals surface area (Å²) in [4.78, 5) is 10.8. The number of nitrogens with two attached hydrogens (primary N) is 1. The number of methoxy groups -OCH3 is 1. The van der Waals surface area contributed by atoms with Gasteiger partial charge in [0, 0.05) is 11.6 Å². The fourth-order valence-corrected chi connectivity index (χ4v) is 2.24. The summed E-state index contributed by atoms with van der Waals surface area (Å²) in [6, 6.07) is 5.55. The van der Waals surface area contributed by atoms with Crippen molar-refractivity contribution in [2.75, 3.05) is 7.11 Å². The van der Waals surface area contributed by atoms with Crippen LogP contribution >= 0.6 is 0 Å². The van der Waals surface area contributed by atoms with Gasteiger partial charge in [0.05, 0.1) is 13.0 Å². The molecule has 17 heavy (non-hydrogen) atoms. The van der Waals surface area contributed by atoms with Gasteiger partial charge in [-0.05, 0) is 25.3 Å². The molecule has 1 aromatic rings. The highest BCUT2D eigenvalue weighted by Gasteiger charge is 2.47. The molecule has 0 heterocycles. The quantitative estimate of drug-likeness (QED) is 0.833. The fourth-order valence-electron chi connectivity index (χ4n) is 2.24. The first-order chi connectivity index (χ1) is 8.04. The molecule has 4 nitrogen and oxygen atoms in total. The van der Waals surface area contributed by atoms with E-state index in [-0.39, 0.29) is 17.9 Å². The molecule has 1 fully saturated rings. The molecule has 0 radical (unpaired) electrons. The molecule has 0 bridgehead atoms. The topological polar surface area (TPSA) is 72.5 Å². The summed E-state index contributed by atoms with van der Waals surface area (Å²) in [6.07, 6.45) is 0.660. The third-order valence-electron chi connectivity index (χ3n) is 3.36. The van der Waals surface area contributed by atoms with Crippen molar-refractivity contribution < 1.29 is 14.6 Å². The molecular weight excluding hydrogens is 218 g/mol. The van der Waals surface area contributed by atoms with Crippen LogP contribution in [0.25, 0.3) is 0 Å². The van der Waals surface area contributed by atoms with Crippen LogP contribution in [0.4, 0.5) is 0 Å². The van der Waals surface area contributed by atoms with Gasteiger partial charge in [-0.15, -0.1) is 0 Å². The lowest BCUT2D eigenvalue weighted by Crippen LogP contribution is -2.16. The molecule has 4 heteroatoms. The predicted molar refractivity (Wildman–Crippen MR) is 63.9 cm³/mol. The van der Waals surface area contributed by atoms with Crippen LogP contribution < -0.4 is 10.5 Å². The highest BCUT2D eigenvalue weighted by molar-refractivity contribution is 5.73. The van der Waals surface area contributed by atoms with Crippen molar-refractivity contribution in [1.29, 1.82) is 0 Å². The van der Waals surface area contributed by atoms with Gasteiger partial charge in [-0.1, -0.05) is 17.7 Å². The zero-order valence-electron chi connectivity index (χ0n) is 10.0. The van der Waals surface area contributed by atoms with Crippen molar-refractivity contribution in [1.82, 2.24) is 0 Å². The molecule has 92 valence electrons. The second-order valence-electron chi connectivity index (χ2n) is 4.62. The van der Waals surface area contributed by atoms with Crippen LogP contribution in [-0.4, -0.2) is 18.2 Å². The number of hydrogen-bond acceptors (Lipinski definition) is 3. The lowest BCUT2D eigenvalue weighted by Gasteiger charge is -2.16. The van der Waals surface area contributed by atoms with Crippen LogP contribution in [0.15, 0.2) is 18.2 Å². The summed E-state index contributed by atoms with van der Waals surface area (Å²) in [5.74, 6) is -0.283. The van der Waals surface area contributed by atoms with E-state index in [4.69, 9.17) is 15.6 Å². The summed E-state index contributed by atoms with van der Waals surface area (Å²) in [5, 5.41) is 8.91. The van der Waals surface area contributed by atoms with Crippen molar-refractivity contribution in [2.45, 2.75) is 19.4 Å². The summed E-state index contributed by atoms with van der Waals surface area (Å²) >= 11 is 0. The molecule has 1 aliphatic carbocycles. The normalized spacial score (nSPS) is 24.2. The van der Waals surface area contributed by atoms with Crippen molar-refractivity contribution in [3.63, 3.8) is 0 Å². The minimum atomic E-state index is -0.753. The smallest absolute Gasteiger partial charge is 0.306 e. The maximum absolute atomic E-state index is 10.8. The Morgan fingerprint density at radius 3 is 2.82 bits per heavy atom. The number of carboxylic acids is 1. The van der Waals surface area contributed by atoms with E-state index in [0.717, 1.165) is 16.9 Å². The van der Waals surface area contributed by atoms with Crippen molar-refractivity contribution in [2.24, 2.45) is 17.6 Å². The SMILES string of the molecule is COc1ccc(C)cc1C(N)C1CC1C(=O)O. The van der Waals surface area contributed by atoms with Gasteiger partial charge in [-0.3, -0.25) is 4.79 Å². The van der Waals surface area contributed by atoms with Crippen LogP contribution in [0.2, 0.25) is 0 Å².